The summed E-state index contributed by atoms with van der Waals surface area (Å²) in [4.78, 5) is 11.2. The molecule has 0 atom stereocenters. The normalized spacial score (nSPS) is 10.4. The van der Waals surface area contributed by atoms with Crippen LogP contribution in [0.3, 0.4) is 0 Å². The number of hydrogen-bond donors (Lipinski definition) is 3. The van der Waals surface area contributed by atoms with Crippen LogP contribution in [0.1, 0.15) is 24.2 Å². The van der Waals surface area contributed by atoms with E-state index in [4.69, 9.17) is 19.3 Å². The summed E-state index contributed by atoms with van der Waals surface area (Å²) in [6.45, 7) is 4.24. The highest BCUT2D eigenvalue weighted by atomic mass is 16.5. The van der Waals surface area contributed by atoms with Crippen LogP contribution in [0.2, 0.25) is 0 Å². The molecule has 3 N–H and O–H groups in total. The molecule has 7 heteroatoms. The molecule has 0 spiro atoms. The Morgan fingerprint density at radius 3 is 2.12 bits per heavy atom. The molecular formula is C26H26O7. The molecule has 3 aromatic carbocycles. The first-order valence-electron chi connectivity index (χ1n) is 10.2. The van der Waals surface area contributed by atoms with Crippen LogP contribution in [-0.2, 0) is 0 Å². The smallest absolute Gasteiger partial charge is 0.335 e. The van der Waals surface area contributed by atoms with E-state index in [1.165, 1.54) is 32.4 Å². The third-order valence-corrected chi connectivity index (χ3v) is 5.06. The molecule has 3 rings (SSSR count). The van der Waals surface area contributed by atoms with Gasteiger partial charge in [0.15, 0.2) is 23.0 Å². The Hall–Kier alpha value is -4.13. The Balaban J connectivity index is 2.07. The van der Waals surface area contributed by atoms with E-state index in [-0.39, 0.29) is 22.8 Å². The Morgan fingerprint density at radius 1 is 0.909 bits per heavy atom. The number of carbonyl (C=O) groups is 1. The minimum Gasteiger partial charge on any atom is -0.504 e. The summed E-state index contributed by atoms with van der Waals surface area (Å²) in [7, 11) is 2.90. The number of carboxylic acid groups (broad SMARTS) is 1. The predicted octanol–water partition coefficient (Wildman–Crippen LogP) is 5.49. The maximum absolute atomic E-state index is 11.2. The topological polar surface area (TPSA) is 105 Å². The molecule has 0 amide bonds. The van der Waals surface area contributed by atoms with Gasteiger partial charge >= 0.3 is 5.97 Å². The lowest BCUT2D eigenvalue weighted by Gasteiger charge is -2.18. The number of benzene rings is 3. The number of hydrogen-bond acceptors (Lipinski definition) is 6. The summed E-state index contributed by atoms with van der Waals surface area (Å²) in [5.41, 5.74) is 3.26. The largest absolute Gasteiger partial charge is 0.504 e. The number of methoxy groups -OCH3 is 2. The van der Waals surface area contributed by atoms with Crippen LogP contribution in [0, 0.1) is 0 Å². The van der Waals surface area contributed by atoms with Gasteiger partial charge in [0.1, 0.15) is 12.4 Å². The zero-order valence-corrected chi connectivity index (χ0v) is 18.9. The lowest BCUT2D eigenvalue weighted by atomic mass is 9.95. The second-order valence-corrected chi connectivity index (χ2v) is 7.54. The van der Waals surface area contributed by atoms with Gasteiger partial charge < -0.3 is 29.5 Å². The summed E-state index contributed by atoms with van der Waals surface area (Å²) in [6, 6.07) is 12.7. The van der Waals surface area contributed by atoms with Crippen molar-refractivity contribution in [2.45, 2.75) is 13.8 Å². The summed E-state index contributed by atoms with van der Waals surface area (Å²) < 4.78 is 16.6. The molecule has 7 nitrogen and oxygen atoms in total. The van der Waals surface area contributed by atoms with Crippen LogP contribution in [-0.4, -0.2) is 42.1 Å². The van der Waals surface area contributed by atoms with Crippen LogP contribution < -0.4 is 14.2 Å². The van der Waals surface area contributed by atoms with Gasteiger partial charge in [-0.15, -0.1) is 0 Å². The van der Waals surface area contributed by atoms with Crippen LogP contribution in [0.15, 0.2) is 60.2 Å². The minimum atomic E-state index is -1.03. The molecule has 0 saturated heterocycles. The van der Waals surface area contributed by atoms with Crippen LogP contribution in [0.25, 0.3) is 22.3 Å². The SMILES string of the molecule is COc1cc(-c2ccc(C(=O)O)cc2)c(OC)c(O)c1-c1ccc(OCC=C(C)C)c(O)c1. The van der Waals surface area contributed by atoms with Gasteiger partial charge in [-0.1, -0.05) is 23.8 Å². The molecule has 0 aliphatic heterocycles. The van der Waals surface area contributed by atoms with Gasteiger partial charge in [0.25, 0.3) is 0 Å². The fourth-order valence-corrected chi connectivity index (χ4v) is 3.37. The third kappa shape index (κ3) is 5.03. The number of aromatic hydroxyl groups is 2. The fourth-order valence-electron chi connectivity index (χ4n) is 3.37. The molecule has 0 heterocycles. The van der Waals surface area contributed by atoms with Crippen molar-refractivity contribution in [1.82, 2.24) is 0 Å². The average molecular weight is 450 g/mol. The van der Waals surface area contributed by atoms with E-state index in [9.17, 15) is 15.0 Å². The summed E-state index contributed by atoms with van der Waals surface area (Å²) in [5, 5.41) is 30.7. The van der Waals surface area contributed by atoms with Crippen molar-refractivity contribution in [3.63, 3.8) is 0 Å². The van der Waals surface area contributed by atoms with Crippen molar-refractivity contribution >= 4 is 5.97 Å². The Morgan fingerprint density at radius 2 is 1.58 bits per heavy atom. The van der Waals surface area contributed by atoms with Crippen molar-refractivity contribution in [3.05, 3.63) is 65.7 Å². The van der Waals surface area contributed by atoms with Crippen molar-refractivity contribution in [2.75, 3.05) is 20.8 Å². The average Bonchev–Trinajstić information content (AvgIpc) is 2.79. The fraction of sp³-hybridized carbons (Fsp3) is 0.192. The minimum absolute atomic E-state index is 0.0802. The Kier molecular flexibility index (Phi) is 7.13. The van der Waals surface area contributed by atoms with Gasteiger partial charge in [-0.3, -0.25) is 0 Å². The predicted molar refractivity (Wildman–Crippen MR) is 126 cm³/mol. The van der Waals surface area contributed by atoms with Crippen LogP contribution in [0.5, 0.6) is 28.7 Å². The van der Waals surface area contributed by atoms with Gasteiger partial charge in [-0.2, -0.15) is 0 Å². The second kappa shape index (κ2) is 9.99. The Labute approximate surface area is 192 Å². The highest BCUT2D eigenvalue weighted by Crippen LogP contribution is 2.50. The van der Waals surface area contributed by atoms with E-state index in [0.717, 1.165) is 5.57 Å². The summed E-state index contributed by atoms with van der Waals surface area (Å²) in [6.07, 6.45) is 1.90. The van der Waals surface area contributed by atoms with Gasteiger partial charge in [-0.05, 0) is 61.4 Å². The number of aromatic carboxylic acids is 1. The highest BCUT2D eigenvalue weighted by Gasteiger charge is 2.22. The van der Waals surface area contributed by atoms with E-state index in [1.54, 1.807) is 30.3 Å². The van der Waals surface area contributed by atoms with Crippen molar-refractivity contribution < 1.29 is 34.3 Å². The van der Waals surface area contributed by atoms with Crippen molar-refractivity contribution in [1.29, 1.82) is 0 Å². The van der Waals surface area contributed by atoms with Gasteiger partial charge in [-0.25, -0.2) is 4.79 Å². The molecule has 0 bridgehead atoms. The highest BCUT2D eigenvalue weighted by molar-refractivity contribution is 5.90. The van der Waals surface area contributed by atoms with E-state index >= 15 is 0 Å². The van der Waals surface area contributed by atoms with Gasteiger partial charge in [0.2, 0.25) is 0 Å². The molecular weight excluding hydrogens is 424 g/mol. The quantitative estimate of drug-likeness (QED) is 0.390. The van der Waals surface area contributed by atoms with E-state index in [1.807, 2.05) is 19.9 Å². The number of rotatable bonds is 8. The standard InChI is InChI=1S/C26H26O7/c1-15(2)11-12-33-21-10-9-18(13-20(21)27)23-22(31-3)14-19(25(32-4)24(23)28)16-5-7-17(8-6-16)26(29)30/h5-11,13-14,27-28H,12H2,1-4H3,(H,29,30). The monoisotopic (exact) mass is 450 g/mol. The first-order valence-corrected chi connectivity index (χ1v) is 10.2. The lowest BCUT2D eigenvalue weighted by molar-refractivity contribution is 0.0697. The second-order valence-electron chi connectivity index (χ2n) is 7.54. The van der Waals surface area contributed by atoms with E-state index in [2.05, 4.69) is 0 Å². The number of allylic oxidation sites excluding steroid dienone is 1. The van der Waals surface area contributed by atoms with Gasteiger partial charge in [0.05, 0.1) is 25.3 Å². The molecule has 0 radical (unpaired) electrons. The van der Waals surface area contributed by atoms with E-state index in [0.29, 0.717) is 40.4 Å². The van der Waals surface area contributed by atoms with Crippen LogP contribution in [0.4, 0.5) is 0 Å². The number of phenolic OH excluding ortho intramolecular Hbond substituents is 2. The zero-order chi connectivity index (χ0) is 24.1. The van der Waals surface area contributed by atoms with Crippen molar-refractivity contribution in [3.8, 4) is 51.0 Å². The van der Waals surface area contributed by atoms with Gasteiger partial charge in [0, 0.05) is 5.56 Å². The molecule has 0 aliphatic carbocycles. The molecule has 33 heavy (non-hydrogen) atoms. The van der Waals surface area contributed by atoms with E-state index < -0.39 is 5.97 Å². The molecule has 0 fully saturated rings. The molecule has 0 aromatic heterocycles. The summed E-state index contributed by atoms with van der Waals surface area (Å²) in [5.74, 6) is -0.426. The first-order chi connectivity index (χ1) is 15.8. The molecule has 0 unspecified atom stereocenters. The maximum Gasteiger partial charge on any atom is 0.335 e. The zero-order valence-electron chi connectivity index (χ0n) is 18.9. The number of ether oxygens (including phenoxy) is 3. The molecule has 0 saturated carbocycles. The number of phenols is 2. The molecule has 3 aromatic rings. The third-order valence-electron chi connectivity index (χ3n) is 5.06. The Bertz CT molecular complexity index is 1190. The molecule has 0 aliphatic rings. The lowest BCUT2D eigenvalue weighted by Crippen LogP contribution is -1.98. The maximum atomic E-state index is 11.2. The number of carboxylic acids is 1. The summed E-state index contributed by atoms with van der Waals surface area (Å²) >= 11 is 0. The van der Waals surface area contributed by atoms with Crippen LogP contribution >= 0.6 is 0 Å². The molecule has 172 valence electrons. The first kappa shape index (κ1) is 23.5. The van der Waals surface area contributed by atoms with Crippen molar-refractivity contribution in [2.24, 2.45) is 0 Å².